The van der Waals surface area contributed by atoms with Crippen molar-refractivity contribution < 1.29 is 28.4 Å². The third-order valence-electron chi connectivity index (χ3n) is 6.97. The van der Waals surface area contributed by atoms with Gasteiger partial charge in [0, 0.05) is 12.8 Å². The van der Waals surface area contributed by atoms with Gasteiger partial charge in [-0.1, -0.05) is 12.2 Å². The van der Waals surface area contributed by atoms with E-state index in [0.29, 0.717) is 19.6 Å². The van der Waals surface area contributed by atoms with Gasteiger partial charge in [-0.2, -0.15) is 0 Å². The van der Waals surface area contributed by atoms with Gasteiger partial charge in [-0.05, 0) is 40.0 Å². The van der Waals surface area contributed by atoms with E-state index in [-0.39, 0.29) is 36.6 Å². The predicted octanol–water partition coefficient (Wildman–Crippen LogP) is 2.02. The molecule has 0 radical (unpaired) electrons. The lowest BCUT2D eigenvalue weighted by atomic mass is 9.78. The molecular weight excluding hydrogens is 362 g/mol. The third kappa shape index (κ3) is 3.35. The zero-order valence-electron chi connectivity index (χ0n) is 17.1. The summed E-state index contributed by atoms with van der Waals surface area (Å²) in [4.78, 5) is 0. The van der Waals surface area contributed by atoms with Crippen molar-refractivity contribution >= 4 is 0 Å². The summed E-state index contributed by atoms with van der Waals surface area (Å²) < 4.78 is 37.5. The standard InChI is InChI=1S/C21H33NO6/c1-19(2)24-11-16-14(27-19)8-7-13-15(25-16)10-18-21(22,28-13)12-20(3)17(26-18)6-4-5-9-23-20/h4-5,13-18H,6-12,22H2,1-3H3. The van der Waals surface area contributed by atoms with Crippen LogP contribution >= 0.6 is 0 Å². The third-order valence-corrected chi connectivity index (χ3v) is 6.97. The number of ether oxygens (including phenoxy) is 6. The Bertz CT molecular complexity index is 640. The second-order valence-corrected chi connectivity index (χ2v) is 9.63. The van der Waals surface area contributed by atoms with Gasteiger partial charge in [0.15, 0.2) is 5.79 Å². The van der Waals surface area contributed by atoms with Crippen molar-refractivity contribution in [2.24, 2.45) is 5.73 Å². The van der Waals surface area contributed by atoms with E-state index in [4.69, 9.17) is 34.2 Å². The van der Waals surface area contributed by atoms with Gasteiger partial charge in [-0.25, -0.2) is 0 Å². The van der Waals surface area contributed by atoms with E-state index in [1.807, 2.05) is 13.8 Å². The topological polar surface area (TPSA) is 81.4 Å². The monoisotopic (exact) mass is 395 g/mol. The number of fused-ring (bicyclic) bond motifs is 4. The maximum absolute atomic E-state index is 6.80. The molecule has 8 unspecified atom stereocenters. The van der Waals surface area contributed by atoms with Gasteiger partial charge < -0.3 is 34.2 Å². The maximum atomic E-state index is 6.80. The molecule has 0 aromatic rings. The van der Waals surface area contributed by atoms with Gasteiger partial charge in [-0.3, -0.25) is 0 Å². The molecule has 8 atom stereocenters. The van der Waals surface area contributed by atoms with Gasteiger partial charge in [0.2, 0.25) is 0 Å². The smallest absolute Gasteiger partial charge is 0.163 e. The molecule has 0 bridgehead atoms. The summed E-state index contributed by atoms with van der Waals surface area (Å²) in [5, 5.41) is 0. The zero-order chi connectivity index (χ0) is 19.6. The minimum atomic E-state index is -0.855. The Kier molecular flexibility index (Phi) is 4.67. The lowest BCUT2D eigenvalue weighted by Crippen LogP contribution is -2.71. The molecule has 28 heavy (non-hydrogen) atoms. The number of hydrogen-bond acceptors (Lipinski definition) is 7. The molecule has 0 amide bonds. The second kappa shape index (κ2) is 6.74. The molecular formula is C21H33NO6. The highest BCUT2D eigenvalue weighted by Crippen LogP contribution is 2.47. The quantitative estimate of drug-likeness (QED) is 0.629. The summed E-state index contributed by atoms with van der Waals surface area (Å²) in [7, 11) is 0. The van der Waals surface area contributed by atoms with Crippen LogP contribution in [0.25, 0.3) is 0 Å². The average Bonchev–Trinajstić information content (AvgIpc) is 2.89. The molecule has 5 aliphatic heterocycles. The van der Waals surface area contributed by atoms with Crippen LogP contribution < -0.4 is 5.73 Å². The van der Waals surface area contributed by atoms with Crippen molar-refractivity contribution in [3.05, 3.63) is 12.2 Å². The van der Waals surface area contributed by atoms with Crippen LogP contribution in [0.3, 0.4) is 0 Å². The molecule has 5 rings (SSSR count). The van der Waals surface area contributed by atoms with Crippen molar-refractivity contribution in [2.75, 3.05) is 13.2 Å². The molecule has 4 saturated heterocycles. The fourth-order valence-electron chi connectivity index (χ4n) is 5.48. The van der Waals surface area contributed by atoms with E-state index in [1.54, 1.807) is 0 Å². The molecule has 0 aliphatic carbocycles. The Morgan fingerprint density at radius 3 is 2.46 bits per heavy atom. The van der Waals surface area contributed by atoms with Gasteiger partial charge in [0.1, 0.15) is 17.9 Å². The number of nitrogens with two attached hydrogens (primary N) is 1. The summed E-state index contributed by atoms with van der Waals surface area (Å²) in [6.45, 7) is 7.13. The first-order valence-corrected chi connectivity index (χ1v) is 10.6. The van der Waals surface area contributed by atoms with E-state index >= 15 is 0 Å². The van der Waals surface area contributed by atoms with Crippen LogP contribution in [0, 0.1) is 0 Å². The maximum Gasteiger partial charge on any atom is 0.163 e. The zero-order valence-corrected chi connectivity index (χ0v) is 17.1. The normalized spacial score (nSPS) is 53.0. The molecule has 0 saturated carbocycles. The Labute approximate surface area is 166 Å². The van der Waals surface area contributed by atoms with Crippen LogP contribution in [-0.4, -0.2) is 67.0 Å². The highest BCUT2D eigenvalue weighted by Gasteiger charge is 2.59. The van der Waals surface area contributed by atoms with Gasteiger partial charge in [-0.15, -0.1) is 0 Å². The van der Waals surface area contributed by atoms with Crippen molar-refractivity contribution in [3.8, 4) is 0 Å². The molecule has 158 valence electrons. The minimum Gasteiger partial charge on any atom is -0.368 e. The van der Waals surface area contributed by atoms with Crippen LogP contribution in [0.4, 0.5) is 0 Å². The summed E-state index contributed by atoms with van der Waals surface area (Å²) in [6.07, 6.45) is 7.70. The first-order chi connectivity index (χ1) is 13.3. The van der Waals surface area contributed by atoms with E-state index < -0.39 is 17.1 Å². The summed E-state index contributed by atoms with van der Waals surface area (Å²) in [6, 6.07) is 0. The Balaban J connectivity index is 1.35. The fraction of sp³-hybridized carbons (Fsp3) is 0.905. The predicted molar refractivity (Wildman–Crippen MR) is 101 cm³/mol. The highest BCUT2D eigenvalue weighted by molar-refractivity contribution is 5.09. The second-order valence-electron chi connectivity index (χ2n) is 9.63. The molecule has 5 heterocycles. The minimum absolute atomic E-state index is 0.0197. The molecule has 7 nitrogen and oxygen atoms in total. The van der Waals surface area contributed by atoms with Crippen molar-refractivity contribution in [1.29, 1.82) is 0 Å². The van der Waals surface area contributed by atoms with E-state index in [9.17, 15) is 0 Å². The molecule has 5 aliphatic rings. The lowest BCUT2D eigenvalue weighted by Gasteiger charge is -2.56. The van der Waals surface area contributed by atoms with E-state index in [2.05, 4.69) is 19.1 Å². The SMILES string of the molecule is CC1(C)OCC2OC3CC4OC5CC=CCOC5(C)CC4(N)OC3CCC2O1. The lowest BCUT2D eigenvalue weighted by molar-refractivity contribution is -0.334. The number of rotatable bonds is 0. The van der Waals surface area contributed by atoms with E-state index in [1.165, 1.54) is 0 Å². The van der Waals surface area contributed by atoms with Crippen LogP contribution in [0.1, 0.15) is 52.9 Å². The highest BCUT2D eigenvalue weighted by atomic mass is 16.7. The van der Waals surface area contributed by atoms with Crippen LogP contribution in [0.5, 0.6) is 0 Å². The molecule has 2 N–H and O–H groups in total. The largest absolute Gasteiger partial charge is 0.368 e. The molecule has 0 spiro atoms. The van der Waals surface area contributed by atoms with Gasteiger partial charge >= 0.3 is 0 Å². The van der Waals surface area contributed by atoms with Gasteiger partial charge in [0.05, 0.1) is 43.2 Å². The average molecular weight is 395 g/mol. The Morgan fingerprint density at radius 1 is 0.857 bits per heavy atom. The first kappa shape index (κ1) is 19.4. The summed E-state index contributed by atoms with van der Waals surface area (Å²) >= 11 is 0. The van der Waals surface area contributed by atoms with Crippen LogP contribution in [0.15, 0.2) is 12.2 Å². The summed E-state index contributed by atoms with van der Waals surface area (Å²) in [5.74, 6) is -0.569. The molecule has 7 heteroatoms. The van der Waals surface area contributed by atoms with Crippen LogP contribution in [-0.2, 0) is 28.4 Å². The first-order valence-electron chi connectivity index (χ1n) is 10.6. The van der Waals surface area contributed by atoms with Crippen molar-refractivity contribution in [2.45, 2.75) is 107 Å². The Morgan fingerprint density at radius 2 is 1.64 bits per heavy atom. The Hall–Kier alpha value is -0.540. The molecule has 4 fully saturated rings. The van der Waals surface area contributed by atoms with Crippen molar-refractivity contribution in [1.82, 2.24) is 0 Å². The molecule has 0 aromatic heterocycles. The van der Waals surface area contributed by atoms with E-state index in [0.717, 1.165) is 25.7 Å². The van der Waals surface area contributed by atoms with Crippen LogP contribution in [0.2, 0.25) is 0 Å². The molecule has 0 aromatic carbocycles. The fourth-order valence-corrected chi connectivity index (χ4v) is 5.48. The van der Waals surface area contributed by atoms with Crippen molar-refractivity contribution in [3.63, 3.8) is 0 Å². The van der Waals surface area contributed by atoms with Gasteiger partial charge in [0.25, 0.3) is 0 Å². The number of hydrogen-bond donors (Lipinski definition) is 1. The summed E-state index contributed by atoms with van der Waals surface area (Å²) in [5.41, 5.74) is 5.50.